The molecule has 1 amide bonds. The van der Waals surface area contributed by atoms with E-state index in [1.54, 1.807) is 0 Å². The first kappa shape index (κ1) is 22.7. The molecular formula is C16H16F2N4O8S. The van der Waals surface area contributed by atoms with Gasteiger partial charge in [0.05, 0.1) is 16.4 Å². The van der Waals surface area contributed by atoms with Crippen molar-refractivity contribution in [2.24, 2.45) is 0 Å². The monoisotopic (exact) mass is 462 g/mol. The van der Waals surface area contributed by atoms with Gasteiger partial charge >= 0.3 is 22.7 Å². The van der Waals surface area contributed by atoms with Crippen molar-refractivity contribution in [3.05, 3.63) is 49.9 Å². The Morgan fingerprint density at radius 3 is 2.77 bits per heavy atom. The Labute approximate surface area is 175 Å². The van der Waals surface area contributed by atoms with Crippen molar-refractivity contribution in [2.45, 2.75) is 37.4 Å². The fraction of sp³-hybridized carbons (Fsp3) is 0.438. The third-order valence-electron chi connectivity index (χ3n) is 4.35. The second-order valence-corrected chi connectivity index (χ2v) is 7.53. The van der Waals surface area contributed by atoms with Crippen LogP contribution in [0.5, 0.6) is 0 Å². The number of carbonyl (C=O) groups is 1. The van der Waals surface area contributed by atoms with Gasteiger partial charge in [-0.2, -0.15) is 13.8 Å². The number of hydrogen-bond donors (Lipinski definition) is 3. The van der Waals surface area contributed by atoms with E-state index in [9.17, 15) is 33.6 Å². The number of aromatic nitrogens is 2. The molecule has 1 saturated heterocycles. The van der Waals surface area contributed by atoms with Gasteiger partial charge in [-0.1, -0.05) is 11.3 Å². The van der Waals surface area contributed by atoms with Crippen molar-refractivity contribution in [1.82, 2.24) is 9.55 Å². The smallest absolute Gasteiger partial charge is 0.413 e. The molecule has 0 aromatic carbocycles. The fourth-order valence-corrected chi connectivity index (χ4v) is 3.59. The highest BCUT2D eigenvalue weighted by Gasteiger charge is 2.59. The van der Waals surface area contributed by atoms with Crippen LogP contribution in [0.25, 0.3) is 0 Å². The van der Waals surface area contributed by atoms with Crippen LogP contribution in [0.4, 0.5) is 24.4 Å². The molecule has 0 spiro atoms. The molecule has 12 nitrogen and oxygen atoms in total. The quantitative estimate of drug-likeness (QED) is 0.425. The SMILES string of the molecule is CC(OC(=O)Nc1ccn([C@@H]2O[C@H](CO)C(O)C2(F)F)c(=O)n1)c1ccc([N+](=O)[O-])s1. The summed E-state index contributed by atoms with van der Waals surface area (Å²) in [6.45, 7) is 0.593. The normalized spacial score (nSPS) is 23.3. The van der Waals surface area contributed by atoms with E-state index in [2.05, 4.69) is 10.3 Å². The van der Waals surface area contributed by atoms with Gasteiger partial charge in [0.1, 0.15) is 18.0 Å². The van der Waals surface area contributed by atoms with Gasteiger partial charge in [0.25, 0.3) is 0 Å². The third-order valence-corrected chi connectivity index (χ3v) is 5.55. The summed E-state index contributed by atoms with van der Waals surface area (Å²) in [7, 11) is 0. The molecule has 168 valence electrons. The standard InChI is InChI=1S/C16H16F2N4O8S/c1-7(9-2-3-11(31-9)22(27)28)29-15(26)20-10-4-5-21(14(25)19-10)13-16(17,18)12(24)8(6-23)30-13/h2-5,7-8,12-13,23-24H,6H2,1H3,(H,19,20,25,26)/t7?,8-,12?,13-/m1/s1. The topological polar surface area (TPSA) is 166 Å². The van der Waals surface area contributed by atoms with Crippen LogP contribution in [0.15, 0.2) is 29.2 Å². The van der Waals surface area contributed by atoms with Crippen LogP contribution in [-0.2, 0) is 9.47 Å². The fourth-order valence-electron chi connectivity index (χ4n) is 2.79. The summed E-state index contributed by atoms with van der Waals surface area (Å²) in [5.74, 6) is -4.18. The molecule has 3 N–H and O–H groups in total. The minimum atomic E-state index is -3.87. The number of aliphatic hydroxyl groups is 2. The molecule has 3 heterocycles. The molecule has 3 rings (SSSR count). The first-order chi connectivity index (χ1) is 14.5. The molecule has 2 aromatic rings. The van der Waals surface area contributed by atoms with E-state index >= 15 is 0 Å². The lowest BCUT2D eigenvalue weighted by molar-refractivity contribution is -0.380. The molecule has 0 saturated carbocycles. The van der Waals surface area contributed by atoms with E-state index in [-0.39, 0.29) is 10.8 Å². The Hall–Kier alpha value is -3.01. The molecule has 1 aliphatic heterocycles. The second-order valence-electron chi connectivity index (χ2n) is 6.44. The molecule has 0 bridgehead atoms. The van der Waals surface area contributed by atoms with E-state index in [1.165, 1.54) is 19.1 Å². The van der Waals surface area contributed by atoms with Gasteiger partial charge in [-0.05, 0) is 19.1 Å². The Kier molecular flexibility index (Phi) is 6.30. The maximum Gasteiger partial charge on any atom is 0.413 e. The number of halogens is 2. The Morgan fingerprint density at radius 1 is 1.52 bits per heavy atom. The lowest BCUT2D eigenvalue weighted by atomic mass is 10.1. The van der Waals surface area contributed by atoms with Crippen molar-refractivity contribution in [3.8, 4) is 0 Å². The first-order valence-corrected chi connectivity index (χ1v) is 9.49. The number of amides is 1. The van der Waals surface area contributed by atoms with Gasteiger partial charge in [-0.15, -0.1) is 0 Å². The van der Waals surface area contributed by atoms with E-state index in [4.69, 9.17) is 14.6 Å². The summed E-state index contributed by atoms with van der Waals surface area (Å²) < 4.78 is 38.7. The number of anilines is 1. The van der Waals surface area contributed by atoms with Gasteiger partial charge in [0.2, 0.25) is 6.23 Å². The van der Waals surface area contributed by atoms with Gasteiger partial charge in [-0.3, -0.25) is 20.0 Å². The predicted octanol–water partition coefficient (Wildman–Crippen LogP) is 1.41. The zero-order valence-corrected chi connectivity index (χ0v) is 16.5. The van der Waals surface area contributed by atoms with Crippen molar-refractivity contribution in [2.75, 3.05) is 11.9 Å². The summed E-state index contributed by atoms with van der Waals surface area (Å²) in [6, 6.07) is 3.72. The number of nitrogens with one attached hydrogen (secondary N) is 1. The number of hydrogen-bond acceptors (Lipinski definition) is 10. The highest BCUT2D eigenvalue weighted by Crippen LogP contribution is 2.42. The third kappa shape index (κ3) is 4.53. The average molecular weight is 462 g/mol. The summed E-state index contributed by atoms with van der Waals surface area (Å²) in [6.07, 6.45) is -7.11. The number of ether oxygens (including phenoxy) is 2. The number of thiophene rings is 1. The second kappa shape index (κ2) is 8.62. The molecule has 15 heteroatoms. The van der Waals surface area contributed by atoms with Crippen molar-refractivity contribution < 1.29 is 38.2 Å². The largest absolute Gasteiger partial charge is 0.441 e. The highest BCUT2D eigenvalue weighted by molar-refractivity contribution is 7.15. The van der Waals surface area contributed by atoms with Gasteiger partial charge in [0, 0.05) is 12.3 Å². The molecule has 31 heavy (non-hydrogen) atoms. The van der Waals surface area contributed by atoms with Crippen LogP contribution in [0.1, 0.15) is 24.1 Å². The Bertz CT molecular complexity index is 1040. The lowest BCUT2D eigenvalue weighted by Crippen LogP contribution is -2.41. The number of rotatable bonds is 6. The molecular weight excluding hydrogens is 446 g/mol. The van der Waals surface area contributed by atoms with Gasteiger partial charge < -0.3 is 19.7 Å². The minimum Gasteiger partial charge on any atom is -0.441 e. The molecule has 0 aliphatic carbocycles. The summed E-state index contributed by atoms with van der Waals surface area (Å²) in [5, 5.41) is 31.3. The number of aliphatic hydroxyl groups excluding tert-OH is 2. The number of nitrogens with zero attached hydrogens (tertiary/aromatic N) is 3. The molecule has 0 radical (unpaired) electrons. The molecule has 2 aromatic heterocycles. The number of nitro groups is 1. The van der Waals surface area contributed by atoms with Crippen molar-refractivity contribution in [1.29, 1.82) is 0 Å². The van der Waals surface area contributed by atoms with Gasteiger partial charge in [0.15, 0.2) is 6.10 Å². The van der Waals surface area contributed by atoms with Crippen LogP contribution >= 0.6 is 11.3 Å². The Balaban J connectivity index is 1.68. The molecule has 1 fully saturated rings. The maximum atomic E-state index is 14.2. The molecule has 1 aliphatic rings. The molecule has 2 unspecified atom stereocenters. The van der Waals surface area contributed by atoms with Crippen LogP contribution in [-0.4, -0.2) is 55.5 Å². The zero-order valence-electron chi connectivity index (χ0n) is 15.7. The average Bonchev–Trinajstić information content (AvgIpc) is 3.27. The minimum absolute atomic E-state index is 0.129. The first-order valence-electron chi connectivity index (χ1n) is 8.67. The summed E-state index contributed by atoms with van der Waals surface area (Å²) in [5.41, 5.74) is -1.21. The van der Waals surface area contributed by atoms with Crippen LogP contribution < -0.4 is 11.0 Å². The highest BCUT2D eigenvalue weighted by atomic mass is 32.1. The van der Waals surface area contributed by atoms with E-state index in [0.29, 0.717) is 9.44 Å². The van der Waals surface area contributed by atoms with Gasteiger partial charge in [-0.25, -0.2) is 9.59 Å². The maximum absolute atomic E-state index is 14.2. The Morgan fingerprint density at radius 2 is 2.23 bits per heavy atom. The number of carbonyl (C=O) groups excluding carboxylic acids is 1. The summed E-state index contributed by atoms with van der Waals surface area (Å²) >= 11 is 0.822. The molecule has 4 atom stereocenters. The van der Waals surface area contributed by atoms with E-state index < -0.39 is 53.8 Å². The van der Waals surface area contributed by atoms with Crippen molar-refractivity contribution in [3.63, 3.8) is 0 Å². The number of alkyl halides is 2. The van der Waals surface area contributed by atoms with Crippen molar-refractivity contribution >= 4 is 28.2 Å². The van der Waals surface area contributed by atoms with Crippen LogP contribution in [0.2, 0.25) is 0 Å². The zero-order chi connectivity index (χ0) is 22.9. The van der Waals surface area contributed by atoms with E-state index in [0.717, 1.165) is 23.6 Å². The van der Waals surface area contributed by atoms with Crippen LogP contribution in [0, 0.1) is 10.1 Å². The lowest BCUT2D eigenvalue weighted by Gasteiger charge is -2.21. The van der Waals surface area contributed by atoms with Crippen LogP contribution in [0.3, 0.4) is 0 Å². The summed E-state index contributed by atoms with van der Waals surface area (Å²) in [4.78, 5) is 38.1. The van der Waals surface area contributed by atoms with E-state index in [1.807, 2.05) is 0 Å². The predicted molar refractivity (Wildman–Crippen MR) is 99.9 cm³/mol.